The smallest absolute Gasteiger partial charge is 0.253 e. The number of hydrogen-bond donors (Lipinski definition) is 2. The van der Waals surface area contributed by atoms with Gasteiger partial charge < -0.3 is 15.0 Å². The van der Waals surface area contributed by atoms with E-state index in [1.807, 2.05) is 19.1 Å². The molecule has 0 aliphatic heterocycles. The van der Waals surface area contributed by atoms with Crippen LogP contribution in [0.3, 0.4) is 0 Å². The maximum absolute atomic E-state index is 12.6. The van der Waals surface area contributed by atoms with Crippen LogP contribution in [-0.4, -0.2) is 16.6 Å². The van der Waals surface area contributed by atoms with Gasteiger partial charge in [-0.2, -0.15) is 5.26 Å². The van der Waals surface area contributed by atoms with Gasteiger partial charge in [0.15, 0.2) is 5.13 Å². The third kappa shape index (κ3) is 3.92. The van der Waals surface area contributed by atoms with Crippen LogP contribution in [-0.2, 0) is 0 Å². The van der Waals surface area contributed by atoms with E-state index < -0.39 is 0 Å². The molecule has 1 saturated carbocycles. The molecule has 0 saturated heterocycles. The highest BCUT2D eigenvalue weighted by Gasteiger charge is 2.22. The van der Waals surface area contributed by atoms with E-state index in [-0.39, 0.29) is 11.6 Å². The number of nitriles is 1. The molecule has 0 unspecified atom stereocenters. The SMILES string of the molecule is C[C@H](Nc1ncc(C#N)s1)c1cc2cc(Cl)c(OCC3CC3)cc2[nH]c1=O. The van der Waals surface area contributed by atoms with Gasteiger partial charge >= 0.3 is 0 Å². The van der Waals surface area contributed by atoms with Crippen molar-refractivity contribution in [3.05, 3.63) is 50.2 Å². The van der Waals surface area contributed by atoms with Crippen LogP contribution in [0.1, 0.15) is 36.2 Å². The Labute approximate surface area is 164 Å². The lowest BCUT2D eigenvalue weighted by atomic mass is 10.1. The Morgan fingerprint density at radius 2 is 2.30 bits per heavy atom. The summed E-state index contributed by atoms with van der Waals surface area (Å²) in [6.45, 7) is 2.53. The van der Waals surface area contributed by atoms with Gasteiger partial charge in [0.05, 0.1) is 29.4 Å². The second kappa shape index (κ2) is 7.22. The summed E-state index contributed by atoms with van der Waals surface area (Å²) in [6.07, 6.45) is 3.91. The first-order chi connectivity index (χ1) is 13.0. The van der Waals surface area contributed by atoms with Crippen molar-refractivity contribution in [1.29, 1.82) is 5.26 Å². The molecule has 0 spiro atoms. The highest BCUT2D eigenvalue weighted by atomic mass is 35.5. The van der Waals surface area contributed by atoms with Crippen LogP contribution in [0.25, 0.3) is 10.9 Å². The van der Waals surface area contributed by atoms with Crippen LogP contribution >= 0.6 is 22.9 Å². The molecule has 1 aromatic carbocycles. The molecule has 3 aromatic rings. The Bertz CT molecular complexity index is 1100. The minimum absolute atomic E-state index is 0.185. The quantitative estimate of drug-likeness (QED) is 0.636. The number of anilines is 1. The Kier molecular flexibility index (Phi) is 4.77. The first kappa shape index (κ1) is 17.8. The van der Waals surface area contributed by atoms with E-state index in [4.69, 9.17) is 21.6 Å². The maximum Gasteiger partial charge on any atom is 0.253 e. The van der Waals surface area contributed by atoms with Crippen LogP contribution in [0, 0.1) is 17.2 Å². The number of pyridine rings is 1. The van der Waals surface area contributed by atoms with Crippen molar-refractivity contribution in [2.45, 2.75) is 25.8 Å². The van der Waals surface area contributed by atoms with Gasteiger partial charge in [0.2, 0.25) is 0 Å². The summed E-state index contributed by atoms with van der Waals surface area (Å²) in [4.78, 5) is 20.1. The van der Waals surface area contributed by atoms with Gasteiger partial charge in [-0.25, -0.2) is 4.98 Å². The number of halogens is 1. The highest BCUT2D eigenvalue weighted by molar-refractivity contribution is 7.16. The van der Waals surface area contributed by atoms with Gasteiger partial charge in [0.25, 0.3) is 5.56 Å². The highest BCUT2D eigenvalue weighted by Crippen LogP contribution is 2.34. The lowest BCUT2D eigenvalue weighted by Crippen LogP contribution is -2.19. The third-order valence-corrected chi connectivity index (χ3v) is 5.65. The fourth-order valence-electron chi connectivity index (χ4n) is 2.80. The zero-order valence-electron chi connectivity index (χ0n) is 14.6. The van der Waals surface area contributed by atoms with E-state index in [0.29, 0.717) is 44.4 Å². The molecule has 27 heavy (non-hydrogen) atoms. The average Bonchev–Trinajstić information content (AvgIpc) is 3.37. The molecule has 8 heteroatoms. The number of ether oxygens (including phenoxy) is 1. The normalized spacial score (nSPS) is 14.7. The molecule has 2 N–H and O–H groups in total. The summed E-state index contributed by atoms with van der Waals surface area (Å²) < 4.78 is 5.78. The Balaban J connectivity index is 1.61. The number of rotatable bonds is 6. The van der Waals surface area contributed by atoms with Gasteiger partial charge in [-0.3, -0.25) is 4.79 Å². The van der Waals surface area contributed by atoms with E-state index in [1.165, 1.54) is 30.4 Å². The molecule has 1 fully saturated rings. The molecule has 2 heterocycles. The molecule has 1 aliphatic rings. The van der Waals surface area contributed by atoms with Crippen molar-refractivity contribution in [2.24, 2.45) is 5.92 Å². The van der Waals surface area contributed by atoms with E-state index in [1.54, 1.807) is 6.07 Å². The number of aromatic amines is 1. The molecule has 4 rings (SSSR count). The number of hydrogen-bond acceptors (Lipinski definition) is 6. The van der Waals surface area contributed by atoms with E-state index >= 15 is 0 Å². The summed E-state index contributed by atoms with van der Waals surface area (Å²) in [7, 11) is 0. The molecule has 0 bridgehead atoms. The second-order valence-corrected chi connectivity index (χ2v) is 8.12. The molecule has 2 aromatic heterocycles. The number of H-pyrrole nitrogens is 1. The fourth-order valence-corrected chi connectivity index (χ4v) is 3.73. The lowest BCUT2D eigenvalue weighted by molar-refractivity contribution is 0.300. The van der Waals surface area contributed by atoms with Crippen LogP contribution in [0.5, 0.6) is 5.75 Å². The van der Waals surface area contributed by atoms with Gasteiger partial charge in [0.1, 0.15) is 16.7 Å². The zero-order valence-corrected chi connectivity index (χ0v) is 16.2. The van der Waals surface area contributed by atoms with Gasteiger partial charge in [-0.05, 0) is 37.8 Å². The van der Waals surface area contributed by atoms with Gasteiger partial charge in [0, 0.05) is 17.0 Å². The minimum atomic E-state index is -0.277. The summed E-state index contributed by atoms with van der Waals surface area (Å²) in [6, 6.07) is 7.18. The van der Waals surface area contributed by atoms with Crippen molar-refractivity contribution >= 4 is 39.0 Å². The van der Waals surface area contributed by atoms with Crippen LogP contribution in [0.15, 0.2) is 29.2 Å². The minimum Gasteiger partial charge on any atom is -0.492 e. The standard InChI is InChI=1S/C19H17ClN4O2S/c1-10(23-19-22-8-13(7-21)27-19)14-4-12-5-15(20)17(26-9-11-2-3-11)6-16(12)24-18(14)25/h4-6,8,10-11H,2-3,9H2,1H3,(H,22,23)(H,24,25)/t10-/m0/s1. The molecule has 0 amide bonds. The number of aromatic nitrogens is 2. The van der Waals surface area contributed by atoms with Crippen molar-refractivity contribution in [3.8, 4) is 11.8 Å². The van der Waals surface area contributed by atoms with Crippen LogP contribution < -0.4 is 15.6 Å². The second-order valence-electron chi connectivity index (χ2n) is 6.69. The van der Waals surface area contributed by atoms with E-state index in [9.17, 15) is 4.79 Å². The molecule has 0 radical (unpaired) electrons. The Hall–Kier alpha value is -2.56. The third-order valence-electron chi connectivity index (χ3n) is 4.52. The molecule has 1 atom stereocenters. The number of fused-ring (bicyclic) bond motifs is 1. The average molecular weight is 401 g/mol. The number of benzene rings is 1. The first-order valence-corrected chi connectivity index (χ1v) is 9.84. The summed E-state index contributed by atoms with van der Waals surface area (Å²) >= 11 is 7.61. The van der Waals surface area contributed by atoms with Gasteiger partial charge in [-0.1, -0.05) is 22.9 Å². The molecule has 138 valence electrons. The van der Waals surface area contributed by atoms with Crippen molar-refractivity contribution in [3.63, 3.8) is 0 Å². The lowest BCUT2D eigenvalue weighted by Gasteiger charge is -2.14. The monoisotopic (exact) mass is 400 g/mol. The van der Waals surface area contributed by atoms with Crippen LogP contribution in [0.2, 0.25) is 5.02 Å². The first-order valence-electron chi connectivity index (χ1n) is 8.65. The molecule has 6 nitrogen and oxygen atoms in total. The fraction of sp³-hybridized carbons (Fsp3) is 0.316. The summed E-state index contributed by atoms with van der Waals surface area (Å²) in [5, 5.41) is 14.0. The number of nitrogens with one attached hydrogen (secondary N) is 2. The number of thiazole rings is 1. The summed E-state index contributed by atoms with van der Waals surface area (Å²) in [5.74, 6) is 1.22. The zero-order chi connectivity index (χ0) is 19.0. The maximum atomic E-state index is 12.6. The Morgan fingerprint density at radius 3 is 3.00 bits per heavy atom. The predicted molar refractivity (Wildman–Crippen MR) is 107 cm³/mol. The molecular weight excluding hydrogens is 384 g/mol. The van der Waals surface area contributed by atoms with Crippen LogP contribution in [0.4, 0.5) is 5.13 Å². The van der Waals surface area contributed by atoms with E-state index in [0.717, 1.165) is 5.39 Å². The largest absolute Gasteiger partial charge is 0.492 e. The number of nitrogens with zero attached hydrogens (tertiary/aromatic N) is 2. The van der Waals surface area contributed by atoms with Gasteiger partial charge in [-0.15, -0.1) is 0 Å². The summed E-state index contributed by atoms with van der Waals surface area (Å²) in [5.41, 5.74) is 1.07. The Morgan fingerprint density at radius 1 is 1.48 bits per heavy atom. The van der Waals surface area contributed by atoms with Crippen molar-refractivity contribution < 1.29 is 4.74 Å². The predicted octanol–water partition coefficient (Wildman–Crippen LogP) is 4.47. The van der Waals surface area contributed by atoms with Crippen molar-refractivity contribution in [2.75, 3.05) is 11.9 Å². The molecular formula is C19H17ClN4O2S. The van der Waals surface area contributed by atoms with E-state index in [2.05, 4.69) is 21.4 Å². The van der Waals surface area contributed by atoms with Crippen molar-refractivity contribution in [1.82, 2.24) is 9.97 Å². The topological polar surface area (TPSA) is 90.8 Å². The molecule has 1 aliphatic carbocycles.